The molecule has 8 heteroatoms. The molecule has 8 nitrogen and oxygen atoms in total. The molecule has 1 N–H and O–H groups in total. The summed E-state index contributed by atoms with van der Waals surface area (Å²) in [7, 11) is 1.64. The average Bonchev–Trinajstić information content (AvgIpc) is 2.89. The van der Waals surface area contributed by atoms with Crippen molar-refractivity contribution in [2.24, 2.45) is 5.92 Å². The lowest BCUT2D eigenvalue weighted by Crippen LogP contribution is -2.41. The van der Waals surface area contributed by atoms with E-state index in [-0.39, 0.29) is 11.8 Å². The van der Waals surface area contributed by atoms with Crippen molar-refractivity contribution in [1.82, 2.24) is 24.8 Å². The van der Waals surface area contributed by atoms with Crippen LogP contribution in [0.25, 0.3) is 11.2 Å². The minimum atomic E-state index is 0.0640. The normalized spacial score (nSPS) is 18.3. The standard InChI is InChI=1S/C19H28N6O2/c1-27-12-8-20-19(26)14-6-10-24(11-7-14)17-16-18(22-13-21-17)25-9-4-2-3-5-15(25)23-16/h13-14H,2-12H2,1H3,(H,20,26). The highest BCUT2D eigenvalue weighted by Crippen LogP contribution is 2.29. The fourth-order valence-electron chi connectivity index (χ4n) is 4.13. The van der Waals surface area contributed by atoms with Gasteiger partial charge in [-0.05, 0) is 25.7 Å². The molecule has 1 fully saturated rings. The zero-order valence-electron chi connectivity index (χ0n) is 16.0. The lowest BCUT2D eigenvalue weighted by molar-refractivity contribution is -0.125. The van der Waals surface area contributed by atoms with Crippen LogP contribution in [0, 0.1) is 5.92 Å². The number of ether oxygens (including phenoxy) is 1. The Morgan fingerprint density at radius 3 is 2.89 bits per heavy atom. The summed E-state index contributed by atoms with van der Waals surface area (Å²) in [5.41, 5.74) is 1.87. The van der Waals surface area contributed by atoms with Gasteiger partial charge in [0.1, 0.15) is 12.2 Å². The number of carbonyl (C=O) groups excluding carboxylic acids is 1. The molecule has 4 heterocycles. The SMILES string of the molecule is COCCNC(=O)C1CCN(c2ncnc3c2nc2n3CCCCC2)CC1. The van der Waals surface area contributed by atoms with Crippen LogP contribution in [0.2, 0.25) is 0 Å². The molecule has 27 heavy (non-hydrogen) atoms. The quantitative estimate of drug-likeness (QED) is 0.801. The number of hydrogen-bond donors (Lipinski definition) is 1. The van der Waals surface area contributed by atoms with Crippen molar-refractivity contribution in [3.8, 4) is 0 Å². The van der Waals surface area contributed by atoms with E-state index in [9.17, 15) is 4.79 Å². The fraction of sp³-hybridized carbons (Fsp3) is 0.684. The van der Waals surface area contributed by atoms with Crippen molar-refractivity contribution in [3.05, 3.63) is 12.2 Å². The third kappa shape index (κ3) is 3.76. The van der Waals surface area contributed by atoms with Crippen molar-refractivity contribution < 1.29 is 9.53 Å². The van der Waals surface area contributed by atoms with E-state index in [1.807, 2.05) is 0 Å². The lowest BCUT2D eigenvalue weighted by atomic mass is 9.96. The maximum Gasteiger partial charge on any atom is 0.223 e. The molecule has 0 saturated carbocycles. The van der Waals surface area contributed by atoms with Gasteiger partial charge in [-0.2, -0.15) is 0 Å². The van der Waals surface area contributed by atoms with Crippen molar-refractivity contribution >= 4 is 22.9 Å². The first-order chi connectivity index (χ1) is 13.3. The number of imidazole rings is 1. The number of nitrogens with one attached hydrogen (secondary N) is 1. The molecule has 0 radical (unpaired) electrons. The third-order valence-corrected chi connectivity index (χ3v) is 5.64. The summed E-state index contributed by atoms with van der Waals surface area (Å²) in [5, 5.41) is 2.95. The molecule has 2 aliphatic heterocycles. The van der Waals surface area contributed by atoms with Crippen molar-refractivity contribution in [3.63, 3.8) is 0 Å². The van der Waals surface area contributed by atoms with Crippen LogP contribution in [0.5, 0.6) is 0 Å². The summed E-state index contributed by atoms with van der Waals surface area (Å²) in [4.78, 5) is 28.5. The van der Waals surface area contributed by atoms with Crippen LogP contribution in [0.3, 0.4) is 0 Å². The molecule has 0 aliphatic carbocycles. The highest BCUT2D eigenvalue weighted by atomic mass is 16.5. The number of amides is 1. The molecule has 2 aromatic heterocycles. The number of aryl methyl sites for hydroxylation is 2. The van der Waals surface area contributed by atoms with Gasteiger partial charge in [0.05, 0.1) is 6.61 Å². The Bertz CT molecular complexity index is 797. The van der Waals surface area contributed by atoms with Crippen LogP contribution in [0.1, 0.15) is 37.9 Å². The first-order valence-corrected chi connectivity index (χ1v) is 9.99. The Morgan fingerprint density at radius 1 is 1.22 bits per heavy atom. The maximum absolute atomic E-state index is 12.3. The predicted molar refractivity (Wildman–Crippen MR) is 103 cm³/mol. The van der Waals surface area contributed by atoms with Gasteiger partial charge in [0.2, 0.25) is 5.91 Å². The molecular formula is C19H28N6O2. The van der Waals surface area contributed by atoms with Crippen LogP contribution in [0.15, 0.2) is 6.33 Å². The summed E-state index contributed by atoms with van der Waals surface area (Å²) in [6.45, 7) is 3.75. The molecule has 0 atom stereocenters. The van der Waals surface area contributed by atoms with Gasteiger partial charge in [0.25, 0.3) is 0 Å². The molecule has 1 amide bonds. The van der Waals surface area contributed by atoms with Crippen LogP contribution < -0.4 is 10.2 Å². The van der Waals surface area contributed by atoms with Gasteiger partial charge in [-0.3, -0.25) is 4.79 Å². The van der Waals surface area contributed by atoms with Gasteiger partial charge >= 0.3 is 0 Å². The molecule has 1 saturated heterocycles. The molecule has 0 bridgehead atoms. The number of fused-ring (bicyclic) bond motifs is 3. The lowest BCUT2D eigenvalue weighted by Gasteiger charge is -2.32. The monoisotopic (exact) mass is 372 g/mol. The summed E-state index contributed by atoms with van der Waals surface area (Å²) < 4.78 is 7.26. The van der Waals surface area contributed by atoms with Gasteiger partial charge in [-0.1, -0.05) is 6.42 Å². The number of carbonyl (C=O) groups is 1. The minimum absolute atomic E-state index is 0.0640. The van der Waals surface area contributed by atoms with Gasteiger partial charge in [0.15, 0.2) is 17.0 Å². The number of anilines is 1. The second kappa shape index (κ2) is 8.21. The summed E-state index contributed by atoms with van der Waals surface area (Å²) in [5.74, 6) is 2.25. The van der Waals surface area contributed by atoms with E-state index in [2.05, 4.69) is 24.8 Å². The molecule has 0 aromatic carbocycles. The number of hydrogen-bond acceptors (Lipinski definition) is 6. The predicted octanol–water partition coefficient (Wildman–Crippen LogP) is 1.53. The Balaban J connectivity index is 1.47. The fourth-order valence-corrected chi connectivity index (χ4v) is 4.13. The molecule has 146 valence electrons. The van der Waals surface area contributed by atoms with Gasteiger partial charge < -0.3 is 19.5 Å². The highest BCUT2D eigenvalue weighted by molar-refractivity contribution is 5.84. The Hall–Kier alpha value is -2.22. The van der Waals surface area contributed by atoms with E-state index in [0.717, 1.165) is 61.7 Å². The van der Waals surface area contributed by atoms with Crippen LogP contribution in [-0.4, -0.2) is 58.8 Å². The van der Waals surface area contributed by atoms with Crippen molar-refractivity contribution in [1.29, 1.82) is 0 Å². The van der Waals surface area contributed by atoms with E-state index in [1.54, 1.807) is 13.4 Å². The largest absolute Gasteiger partial charge is 0.383 e. The first-order valence-electron chi connectivity index (χ1n) is 9.99. The Kier molecular flexibility index (Phi) is 5.52. The second-order valence-electron chi connectivity index (χ2n) is 7.40. The second-order valence-corrected chi connectivity index (χ2v) is 7.40. The van der Waals surface area contributed by atoms with Crippen LogP contribution in [0.4, 0.5) is 5.82 Å². The number of methoxy groups -OCH3 is 1. The van der Waals surface area contributed by atoms with E-state index >= 15 is 0 Å². The number of piperidine rings is 1. The highest BCUT2D eigenvalue weighted by Gasteiger charge is 2.27. The topological polar surface area (TPSA) is 85.2 Å². The Labute approximate surface area is 159 Å². The summed E-state index contributed by atoms with van der Waals surface area (Å²) >= 11 is 0. The van der Waals surface area contributed by atoms with Gasteiger partial charge in [-0.15, -0.1) is 0 Å². The molecule has 4 rings (SSSR count). The average molecular weight is 372 g/mol. The summed E-state index contributed by atoms with van der Waals surface area (Å²) in [6, 6.07) is 0. The number of rotatable bonds is 5. The maximum atomic E-state index is 12.3. The van der Waals surface area contributed by atoms with Crippen LogP contribution >= 0.6 is 0 Å². The molecule has 2 aliphatic rings. The minimum Gasteiger partial charge on any atom is -0.383 e. The number of nitrogens with zero attached hydrogens (tertiary/aromatic N) is 5. The molecule has 2 aromatic rings. The molecule has 0 spiro atoms. The van der Waals surface area contributed by atoms with E-state index in [4.69, 9.17) is 9.72 Å². The Morgan fingerprint density at radius 2 is 2.07 bits per heavy atom. The zero-order chi connectivity index (χ0) is 18.6. The van der Waals surface area contributed by atoms with E-state index in [1.165, 1.54) is 19.3 Å². The molecular weight excluding hydrogens is 344 g/mol. The summed E-state index contributed by atoms with van der Waals surface area (Å²) in [6.07, 6.45) is 7.95. The van der Waals surface area contributed by atoms with Crippen molar-refractivity contribution in [2.45, 2.75) is 45.1 Å². The molecule has 0 unspecified atom stereocenters. The third-order valence-electron chi connectivity index (χ3n) is 5.64. The van der Waals surface area contributed by atoms with Gasteiger partial charge in [0, 0.05) is 45.6 Å². The smallest absolute Gasteiger partial charge is 0.223 e. The van der Waals surface area contributed by atoms with E-state index < -0.39 is 0 Å². The van der Waals surface area contributed by atoms with E-state index in [0.29, 0.717) is 13.2 Å². The van der Waals surface area contributed by atoms with Gasteiger partial charge in [-0.25, -0.2) is 15.0 Å². The van der Waals surface area contributed by atoms with Crippen molar-refractivity contribution in [2.75, 3.05) is 38.3 Å². The first kappa shape index (κ1) is 18.2. The zero-order valence-corrected chi connectivity index (χ0v) is 16.0. The van der Waals surface area contributed by atoms with Crippen LogP contribution in [-0.2, 0) is 22.5 Å². The number of aromatic nitrogens is 4.